The first kappa shape index (κ1) is 94.8. The quantitative estimate of drug-likeness (QED) is 0.0619. The van der Waals surface area contributed by atoms with Crippen LogP contribution in [0.1, 0.15) is 43.8 Å². The molecule has 0 radical (unpaired) electrons. The molecule has 12 aromatic heterocycles. The first-order chi connectivity index (χ1) is 63.5. The number of aromatic nitrogens is 27. The molecule has 0 saturated carbocycles. The summed E-state index contributed by atoms with van der Waals surface area (Å²) in [5.74, 6) is -0.645. The van der Waals surface area contributed by atoms with Gasteiger partial charge in [0.15, 0.2) is 136 Å². The molecule has 6 bridgehead atoms. The SMILES string of the molecule is Nc1nc2c(nnn2[C@@H]2O[C@@H]3COP(O)(=S)O[C@H]4[C@H](F)[C@H](n5cnc6c(N)ncnc65)O[C@@H]4COP(O)(=S)O[C@@H]2C3)c(=O)[nH]1.Nc1nc2c(nnn2[C@@H]2O[C@@H]3COP(O)(=S)O[C@H]4[C@H](F)[C@H](n5cnc6c(N)ncnc65)O[C@@H]4COP(O)(=S)O[C@@H]2[C@H]3F)c(=O)[nH]1.Nc1nc2c(nnn2[C@@H]2O[C@@H]3COP(O)(=S)O[C@H]4[C@H](F)[C@H](n5cnc6c(N)ncnc65)O[C@@H]4COP(O)(=S)O[C@@H]2[C@H]3F)c(=O)[nH]1. The summed E-state index contributed by atoms with van der Waals surface area (Å²) in [4.78, 5) is 157. The molecule has 0 aliphatic carbocycles. The first-order valence-corrected chi connectivity index (χ1v) is 53.8. The molecule has 0 spiro atoms. The largest absolute Gasteiger partial charge is 0.382 e. The van der Waals surface area contributed by atoms with Gasteiger partial charge in [0, 0.05) is 6.42 Å². The van der Waals surface area contributed by atoms with E-state index in [9.17, 15) is 43.7 Å². The van der Waals surface area contributed by atoms with Gasteiger partial charge in [0.25, 0.3) is 16.7 Å². The summed E-state index contributed by atoms with van der Waals surface area (Å²) in [6, 6.07) is 0. The van der Waals surface area contributed by atoms with Crippen molar-refractivity contribution in [3.05, 3.63) is 69.0 Å². The van der Waals surface area contributed by atoms with Crippen molar-refractivity contribution in [2.45, 2.75) is 148 Å². The zero-order valence-electron chi connectivity index (χ0n) is 66.2. The Morgan fingerprint density at radius 2 is 0.612 bits per heavy atom. The Labute approximate surface area is 767 Å². The van der Waals surface area contributed by atoms with Gasteiger partial charge < -0.3 is 124 Å². The molecule has 134 heavy (non-hydrogen) atoms. The number of nitrogens with two attached hydrogens (primary N) is 6. The summed E-state index contributed by atoms with van der Waals surface area (Å²) >= 11 is 31.0. The maximum atomic E-state index is 16.0. The van der Waals surface area contributed by atoms with Crippen LogP contribution in [0.5, 0.6) is 0 Å². The lowest BCUT2D eigenvalue weighted by atomic mass is 10.1. The first-order valence-electron chi connectivity index (χ1n) is 38.2. The highest BCUT2D eigenvalue weighted by Gasteiger charge is 2.59. The lowest BCUT2D eigenvalue weighted by molar-refractivity contribution is -0.0639. The van der Waals surface area contributed by atoms with Crippen molar-refractivity contribution in [2.75, 3.05) is 74.0 Å². The van der Waals surface area contributed by atoms with E-state index in [1.54, 1.807) is 0 Å². The van der Waals surface area contributed by atoms with Gasteiger partial charge in [-0.2, -0.15) is 29.0 Å². The number of anilines is 6. The van der Waals surface area contributed by atoms with E-state index < -0.39 is 231 Å². The number of fused-ring (bicyclic) bond motifs is 15. The third-order valence-corrected chi connectivity index (χ3v) is 30.6. The maximum Gasteiger partial charge on any atom is 0.325 e. The van der Waals surface area contributed by atoms with Crippen LogP contribution >= 0.6 is 40.3 Å². The fraction of sp³-hybridized carbons (Fsp3) is 0.526. The summed E-state index contributed by atoms with van der Waals surface area (Å²) in [6.45, 7) is -29.4. The number of ether oxygens (including phenoxy) is 6. The molecule has 21 rings (SSSR count). The van der Waals surface area contributed by atoms with Crippen LogP contribution in [-0.4, -0.2) is 307 Å². The molecule has 9 fully saturated rings. The van der Waals surface area contributed by atoms with Crippen LogP contribution in [-0.2, 0) is 154 Å². The predicted octanol–water partition coefficient (Wildman–Crippen LogP) is -2.23. The van der Waals surface area contributed by atoms with E-state index in [-0.39, 0.29) is 115 Å². The minimum absolute atomic E-state index is 0.0260. The fourth-order valence-electron chi connectivity index (χ4n) is 15.3. The van der Waals surface area contributed by atoms with Gasteiger partial charge in [0.1, 0.15) is 103 Å². The minimum atomic E-state index is -4.38. The lowest BCUT2D eigenvalue weighted by Crippen LogP contribution is -2.34. The van der Waals surface area contributed by atoms with E-state index in [0.717, 1.165) is 26.7 Å². The van der Waals surface area contributed by atoms with Gasteiger partial charge in [-0.3, -0.25) is 65.7 Å². The third-order valence-electron chi connectivity index (χ3n) is 21.2. The van der Waals surface area contributed by atoms with Crippen LogP contribution in [0.2, 0.25) is 0 Å². The molecule has 9 aliphatic heterocycles. The molecular weight excluding hydrogens is 2050 g/mol. The number of halogens is 5. The molecule has 12 aromatic rings. The molecule has 21 heterocycles. The molecule has 6 unspecified atom stereocenters. The van der Waals surface area contributed by atoms with Gasteiger partial charge in [-0.25, -0.2) is 66.8 Å². The van der Waals surface area contributed by atoms with Crippen LogP contribution in [0.3, 0.4) is 0 Å². The normalized spacial score (nSPS) is 37.3. The Morgan fingerprint density at radius 3 is 0.940 bits per heavy atom. The van der Waals surface area contributed by atoms with Crippen molar-refractivity contribution in [3.8, 4) is 0 Å². The standard InChI is InChI=1S/2C19H21F2N11O9P2S2.C19H22FN11O9P2S2/c2*20-7-5-1-36-42(34,44)40-11-6(39-17(8(11)21)31-4-26-9-13(22)24-3-25-14(9)31)2-37-43(35,45)41-12(7)18(38-5)32-15-10(29-30-32)16(33)28-19(23)27-15;20-9-12-8(38-18(9)30-5-25-10-13(21)23-4-24-14(10)30)3-36-41(33,43)39-7-1-6(2-35-42(34,44)40-12)37-17(7)31-15-11(28-29-31)16(32)27-19(22)26-15/h2*3-8,11-12,17-18H,1-2H2,(H,34,44)(H,35,45)(H2,22,24,25)(H3,23,27,28,33);4-9,12,17-18H,1-3H2,(H,33,43)(H,34,44)(H2,21,23,24)(H3,22,26,27,32)/t2*5-,6-,7+,8+,11-,12-,17-,18-,42?,43?;6-,7+,8+,9-,12+,17+,18+,41?,42?/m110/s1. The van der Waals surface area contributed by atoms with Crippen molar-refractivity contribution in [1.82, 2.24) is 133 Å². The van der Waals surface area contributed by atoms with E-state index in [2.05, 4.69) is 106 Å². The van der Waals surface area contributed by atoms with E-state index in [4.69, 9.17) is 188 Å². The second-order valence-corrected chi connectivity index (χ2v) is 46.5. The summed E-state index contributed by atoms with van der Waals surface area (Å²) in [5, 5.41) is 22.9. The van der Waals surface area contributed by atoms with Gasteiger partial charge in [0.05, 0.1) is 64.7 Å². The Hall–Kier alpha value is -8.12. The second-order valence-electron chi connectivity index (χ2n) is 29.7. The van der Waals surface area contributed by atoms with Crippen LogP contribution in [0, 0.1) is 0 Å². The van der Waals surface area contributed by atoms with Crippen molar-refractivity contribution < 1.29 is 134 Å². The minimum Gasteiger partial charge on any atom is -0.382 e. The second kappa shape index (κ2) is 36.3. The van der Waals surface area contributed by atoms with E-state index in [0.29, 0.717) is 0 Å². The molecule has 21 N–H and O–H groups in total. The van der Waals surface area contributed by atoms with Crippen LogP contribution in [0.25, 0.3) is 67.0 Å². The maximum absolute atomic E-state index is 16.0. The number of rotatable bonds is 6. The molecule has 0 aromatic carbocycles. The number of imidazole rings is 3. The van der Waals surface area contributed by atoms with Gasteiger partial charge in [-0.1, -0.05) is 15.6 Å². The lowest BCUT2D eigenvalue weighted by Gasteiger charge is -2.27. The number of nitrogen functional groups attached to an aromatic ring is 6. The number of nitrogens with zero attached hydrogens (tertiary/aromatic N) is 24. The predicted molar refractivity (Wildman–Crippen MR) is 457 cm³/mol. The number of nitrogens with one attached hydrogen (secondary N) is 3. The average Bonchev–Trinajstić information content (AvgIpc) is 1.58. The van der Waals surface area contributed by atoms with Crippen LogP contribution in [0.4, 0.5) is 57.3 Å². The zero-order chi connectivity index (χ0) is 94.6. The summed E-state index contributed by atoms with van der Waals surface area (Å²) in [6.07, 6.45) is -28.9. The van der Waals surface area contributed by atoms with Crippen molar-refractivity contribution in [3.63, 3.8) is 0 Å². The van der Waals surface area contributed by atoms with E-state index in [1.165, 1.54) is 39.0 Å². The molecule has 720 valence electrons. The highest BCUT2D eigenvalue weighted by molar-refractivity contribution is 8.08. The molecule has 77 heteroatoms. The number of alkyl halides is 5. The highest BCUT2D eigenvalue weighted by atomic mass is 32.5. The smallest absolute Gasteiger partial charge is 0.325 e. The Balaban J connectivity index is 0.000000129. The molecule has 0 amide bonds. The average molecular weight is 2120 g/mol. The van der Waals surface area contributed by atoms with Gasteiger partial charge in [0.2, 0.25) is 17.8 Å². The van der Waals surface area contributed by atoms with Crippen molar-refractivity contribution in [1.29, 1.82) is 0 Å². The molecule has 9 saturated heterocycles. The van der Waals surface area contributed by atoms with Crippen LogP contribution < -0.4 is 51.1 Å². The van der Waals surface area contributed by atoms with Gasteiger partial charge >= 0.3 is 40.3 Å². The fourth-order valence-corrected chi connectivity index (χ4v) is 23.9. The molecule has 29 atom stereocenters. The summed E-state index contributed by atoms with van der Waals surface area (Å²) < 4.78 is 188. The van der Waals surface area contributed by atoms with Gasteiger partial charge in [-0.15, -0.1) is 15.3 Å². The summed E-state index contributed by atoms with van der Waals surface area (Å²) in [7, 11) is 0. The van der Waals surface area contributed by atoms with E-state index in [1.807, 2.05) is 0 Å². The third kappa shape index (κ3) is 18.5. The Morgan fingerprint density at radius 1 is 0.328 bits per heavy atom. The highest BCUT2D eigenvalue weighted by Crippen LogP contribution is 2.60. The monoisotopic (exact) mass is 2120 g/mol. The molecular formula is C57H64F5N33O27P6S6. The zero-order valence-corrected chi connectivity index (χ0v) is 76.4. The number of aromatic amines is 3. The molecule has 60 nitrogen and oxygen atoms in total. The number of hydrogen-bond acceptors (Lipinski definition) is 51. The van der Waals surface area contributed by atoms with E-state index >= 15 is 22.0 Å². The molecule has 9 aliphatic rings. The Bertz CT molecular complexity index is 6840. The number of H-pyrrole nitrogens is 3. The Kier molecular flexibility index (Phi) is 25.7. The summed E-state index contributed by atoms with van der Waals surface area (Å²) in [5.41, 5.74) is 32.3. The topological polar surface area (TPSA) is 804 Å². The van der Waals surface area contributed by atoms with Gasteiger partial charge in [-0.05, 0) is 70.8 Å². The van der Waals surface area contributed by atoms with Crippen molar-refractivity contribution >= 4 is 213 Å². The number of hydrogen-bond donors (Lipinski definition) is 15. The van der Waals surface area contributed by atoms with Crippen LogP contribution in [0.15, 0.2) is 52.3 Å². The van der Waals surface area contributed by atoms with Crippen molar-refractivity contribution in [2.24, 2.45) is 0 Å².